The number of anilines is 1. The van der Waals surface area contributed by atoms with Crippen LogP contribution >= 0.6 is 0 Å². The number of carbonyl (C=O) groups excluding carboxylic acids is 1. The van der Waals surface area contributed by atoms with E-state index in [9.17, 15) is 9.90 Å². The molecule has 3 nitrogen and oxygen atoms in total. The Labute approximate surface area is 128 Å². The highest BCUT2D eigenvalue weighted by Crippen LogP contribution is 2.45. The summed E-state index contributed by atoms with van der Waals surface area (Å²) in [5.41, 5.74) is 0.390. The molecule has 1 atom stereocenters. The zero-order valence-electron chi connectivity index (χ0n) is 12.2. The van der Waals surface area contributed by atoms with Crippen molar-refractivity contribution in [2.45, 2.75) is 5.60 Å². The monoisotopic (exact) mass is 289 g/mol. The Morgan fingerprint density at radius 2 is 1.50 bits per heavy atom. The number of benzene rings is 3. The lowest BCUT2D eigenvalue weighted by molar-refractivity contribution is -0.131. The van der Waals surface area contributed by atoms with E-state index in [1.54, 1.807) is 7.05 Å². The van der Waals surface area contributed by atoms with E-state index in [2.05, 4.69) is 0 Å². The number of amides is 1. The van der Waals surface area contributed by atoms with Crippen LogP contribution in [-0.2, 0) is 10.4 Å². The summed E-state index contributed by atoms with van der Waals surface area (Å²) in [5.74, 6) is -0.315. The Kier molecular flexibility index (Phi) is 2.62. The summed E-state index contributed by atoms with van der Waals surface area (Å²) in [5, 5.41) is 13.3. The van der Waals surface area contributed by atoms with Gasteiger partial charge in [0, 0.05) is 18.2 Å². The summed E-state index contributed by atoms with van der Waals surface area (Å²) < 4.78 is 0. The summed E-state index contributed by atoms with van der Waals surface area (Å²) in [6, 6.07) is 20.9. The SMILES string of the molecule is CN1C(=O)C(O)(c2cccc3ccccc23)c2ccccc21. The number of para-hydroxylation sites is 1. The summed E-state index contributed by atoms with van der Waals surface area (Å²) in [6.07, 6.45) is 0. The molecule has 0 aliphatic carbocycles. The molecular weight excluding hydrogens is 274 g/mol. The minimum atomic E-state index is -1.63. The number of carbonyl (C=O) groups is 1. The first-order chi connectivity index (χ1) is 10.6. The molecule has 3 aromatic carbocycles. The van der Waals surface area contributed by atoms with E-state index in [1.165, 1.54) is 4.90 Å². The maximum atomic E-state index is 12.8. The van der Waals surface area contributed by atoms with Crippen LogP contribution in [0.5, 0.6) is 0 Å². The third-order valence-corrected chi connectivity index (χ3v) is 4.45. The second kappa shape index (κ2) is 4.42. The molecule has 3 heteroatoms. The Morgan fingerprint density at radius 3 is 2.36 bits per heavy atom. The molecule has 0 saturated carbocycles. The predicted molar refractivity (Wildman–Crippen MR) is 86.8 cm³/mol. The van der Waals surface area contributed by atoms with Gasteiger partial charge in [-0.2, -0.15) is 0 Å². The van der Waals surface area contributed by atoms with Crippen LogP contribution in [0.15, 0.2) is 66.7 Å². The Hall–Kier alpha value is -2.65. The normalized spacial score (nSPS) is 20.5. The van der Waals surface area contributed by atoms with E-state index in [-0.39, 0.29) is 5.91 Å². The number of aliphatic hydroxyl groups is 1. The zero-order valence-corrected chi connectivity index (χ0v) is 12.2. The molecule has 22 heavy (non-hydrogen) atoms. The average Bonchev–Trinajstić information content (AvgIpc) is 2.77. The maximum absolute atomic E-state index is 12.8. The summed E-state index contributed by atoms with van der Waals surface area (Å²) in [6.45, 7) is 0. The van der Waals surface area contributed by atoms with Crippen molar-refractivity contribution in [2.75, 3.05) is 11.9 Å². The molecule has 1 unspecified atom stereocenters. The number of hydrogen-bond acceptors (Lipinski definition) is 2. The van der Waals surface area contributed by atoms with Crippen LogP contribution < -0.4 is 4.90 Å². The quantitative estimate of drug-likeness (QED) is 0.748. The molecule has 1 amide bonds. The highest BCUT2D eigenvalue weighted by Gasteiger charge is 2.50. The Bertz CT molecular complexity index is 897. The second-order valence-corrected chi connectivity index (χ2v) is 5.62. The van der Waals surface area contributed by atoms with Crippen LogP contribution in [0, 0.1) is 0 Å². The molecule has 0 aromatic heterocycles. The highest BCUT2D eigenvalue weighted by atomic mass is 16.3. The first-order valence-corrected chi connectivity index (χ1v) is 7.22. The van der Waals surface area contributed by atoms with Gasteiger partial charge in [-0.25, -0.2) is 0 Å². The van der Waals surface area contributed by atoms with Gasteiger partial charge in [0.2, 0.25) is 0 Å². The van der Waals surface area contributed by atoms with Gasteiger partial charge in [0.25, 0.3) is 5.91 Å². The standard InChI is InChI=1S/C19H15NO2/c1-20-17-12-5-4-10-16(17)19(22,18(20)21)15-11-6-8-13-7-2-3-9-14(13)15/h2-12,22H,1H3. The van der Waals surface area contributed by atoms with Gasteiger partial charge in [-0.15, -0.1) is 0 Å². The van der Waals surface area contributed by atoms with Gasteiger partial charge in [-0.1, -0.05) is 60.7 Å². The molecule has 0 bridgehead atoms. The molecular formula is C19H15NO2. The van der Waals surface area contributed by atoms with Crippen LogP contribution in [0.1, 0.15) is 11.1 Å². The van der Waals surface area contributed by atoms with E-state index in [1.807, 2.05) is 66.7 Å². The average molecular weight is 289 g/mol. The van der Waals surface area contributed by atoms with Crippen LogP contribution in [0.25, 0.3) is 10.8 Å². The largest absolute Gasteiger partial charge is 0.372 e. The molecule has 1 aliphatic rings. The molecule has 108 valence electrons. The minimum Gasteiger partial charge on any atom is -0.372 e. The summed E-state index contributed by atoms with van der Waals surface area (Å²) in [4.78, 5) is 14.3. The number of likely N-dealkylation sites (N-methyl/N-ethyl adjacent to an activating group) is 1. The lowest BCUT2D eigenvalue weighted by Crippen LogP contribution is -2.39. The van der Waals surface area contributed by atoms with Crippen molar-refractivity contribution in [1.82, 2.24) is 0 Å². The molecule has 0 saturated heterocycles. The number of hydrogen-bond donors (Lipinski definition) is 1. The first-order valence-electron chi connectivity index (χ1n) is 7.22. The zero-order chi connectivity index (χ0) is 15.3. The van der Waals surface area contributed by atoms with Crippen LogP contribution in [0.4, 0.5) is 5.69 Å². The third kappa shape index (κ3) is 1.51. The van der Waals surface area contributed by atoms with Crippen molar-refractivity contribution in [3.8, 4) is 0 Å². The molecule has 3 aromatic rings. The number of rotatable bonds is 1. The molecule has 1 N–H and O–H groups in total. The topological polar surface area (TPSA) is 40.5 Å². The van der Waals surface area contributed by atoms with E-state index in [4.69, 9.17) is 0 Å². The summed E-state index contributed by atoms with van der Waals surface area (Å²) in [7, 11) is 1.70. The van der Waals surface area contributed by atoms with Gasteiger partial charge in [0.05, 0.1) is 5.69 Å². The van der Waals surface area contributed by atoms with Crippen molar-refractivity contribution < 1.29 is 9.90 Å². The predicted octanol–water partition coefficient (Wildman–Crippen LogP) is 3.05. The van der Waals surface area contributed by atoms with E-state index in [0.29, 0.717) is 11.1 Å². The molecule has 0 radical (unpaired) electrons. The second-order valence-electron chi connectivity index (χ2n) is 5.62. The first kappa shape index (κ1) is 13.0. The van der Waals surface area contributed by atoms with Gasteiger partial charge in [0.15, 0.2) is 5.60 Å². The van der Waals surface area contributed by atoms with Gasteiger partial charge in [-0.05, 0) is 16.8 Å². The van der Waals surface area contributed by atoms with E-state index >= 15 is 0 Å². The van der Waals surface area contributed by atoms with Gasteiger partial charge >= 0.3 is 0 Å². The number of fused-ring (bicyclic) bond motifs is 2. The Balaban J connectivity index is 2.08. The molecule has 1 aliphatic heterocycles. The molecule has 0 spiro atoms. The molecule has 4 rings (SSSR count). The Morgan fingerprint density at radius 1 is 0.864 bits per heavy atom. The van der Waals surface area contributed by atoms with Gasteiger partial charge in [0.1, 0.15) is 0 Å². The number of nitrogens with zero attached hydrogens (tertiary/aromatic N) is 1. The minimum absolute atomic E-state index is 0.315. The van der Waals surface area contributed by atoms with Crippen molar-refractivity contribution in [1.29, 1.82) is 0 Å². The van der Waals surface area contributed by atoms with Crippen molar-refractivity contribution in [3.05, 3.63) is 77.9 Å². The summed E-state index contributed by atoms with van der Waals surface area (Å²) >= 11 is 0. The fourth-order valence-electron chi connectivity index (χ4n) is 3.34. The van der Waals surface area contributed by atoms with Crippen LogP contribution in [0.2, 0.25) is 0 Å². The smallest absolute Gasteiger partial charge is 0.268 e. The fourth-order valence-corrected chi connectivity index (χ4v) is 3.34. The van der Waals surface area contributed by atoms with E-state index < -0.39 is 5.60 Å². The van der Waals surface area contributed by atoms with Gasteiger partial charge < -0.3 is 10.0 Å². The molecule has 0 fully saturated rings. The van der Waals surface area contributed by atoms with Crippen LogP contribution in [-0.4, -0.2) is 18.1 Å². The lowest BCUT2D eigenvalue weighted by atomic mass is 9.84. The molecule has 1 heterocycles. The van der Waals surface area contributed by atoms with Crippen LogP contribution in [0.3, 0.4) is 0 Å². The highest BCUT2D eigenvalue weighted by molar-refractivity contribution is 6.10. The van der Waals surface area contributed by atoms with Crippen molar-refractivity contribution in [3.63, 3.8) is 0 Å². The van der Waals surface area contributed by atoms with Gasteiger partial charge in [-0.3, -0.25) is 4.79 Å². The van der Waals surface area contributed by atoms with Crippen molar-refractivity contribution >= 4 is 22.4 Å². The lowest BCUT2D eigenvalue weighted by Gasteiger charge is -2.24. The van der Waals surface area contributed by atoms with Crippen molar-refractivity contribution in [2.24, 2.45) is 0 Å². The van der Waals surface area contributed by atoms with E-state index in [0.717, 1.165) is 16.5 Å². The maximum Gasteiger partial charge on any atom is 0.268 e. The fraction of sp³-hybridized carbons (Fsp3) is 0.105. The third-order valence-electron chi connectivity index (χ3n) is 4.45.